The van der Waals surface area contributed by atoms with Crippen molar-refractivity contribution in [2.75, 3.05) is 0 Å². The molecule has 5 nitrogen and oxygen atoms in total. The third-order valence-electron chi connectivity index (χ3n) is 3.42. The van der Waals surface area contributed by atoms with Crippen LogP contribution < -0.4 is 16.8 Å². The van der Waals surface area contributed by atoms with Gasteiger partial charge in [0, 0.05) is 0 Å². The molecule has 2 rings (SSSR count). The second kappa shape index (κ2) is 3.71. The summed E-state index contributed by atoms with van der Waals surface area (Å²) in [6.07, 6.45) is 3.97. The van der Waals surface area contributed by atoms with Crippen molar-refractivity contribution in [1.29, 1.82) is 5.26 Å². The van der Waals surface area contributed by atoms with Crippen LogP contribution >= 0.6 is 0 Å². The number of nitrogens with two attached hydrogens (primary N) is 2. The Morgan fingerprint density at radius 2 is 2.31 bits per heavy atom. The van der Waals surface area contributed by atoms with Crippen LogP contribution in [0.3, 0.4) is 0 Å². The Hall–Kier alpha value is -1.70. The second-order valence-electron chi connectivity index (χ2n) is 4.76. The molecule has 0 aromatic rings. The Kier molecular flexibility index (Phi) is 2.50. The van der Waals surface area contributed by atoms with E-state index in [9.17, 15) is 5.26 Å². The molecule has 1 aliphatic carbocycles. The Balaban J connectivity index is 2.43. The molecule has 0 aromatic heterocycles. The number of nitrogens with one attached hydrogen (secondary N) is 1. The summed E-state index contributed by atoms with van der Waals surface area (Å²) in [6, 6.07) is 2.18. The van der Waals surface area contributed by atoms with E-state index in [4.69, 9.17) is 11.5 Å². The molecule has 16 heavy (non-hydrogen) atoms. The summed E-state index contributed by atoms with van der Waals surface area (Å²) in [6.45, 7) is 2.18. The van der Waals surface area contributed by atoms with E-state index < -0.39 is 5.54 Å². The molecule has 2 unspecified atom stereocenters. The molecule has 0 radical (unpaired) electrons. The molecule has 5 N–H and O–H groups in total. The highest BCUT2D eigenvalue weighted by molar-refractivity contribution is 5.82. The van der Waals surface area contributed by atoms with Gasteiger partial charge >= 0.3 is 0 Å². The topological polar surface area (TPSA) is 100 Å². The maximum absolute atomic E-state index is 9.21. The monoisotopic (exact) mass is 219 g/mol. The largest absolute Gasteiger partial charge is 0.384 e. The van der Waals surface area contributed by atoms with E-state index in [1.54, 1.807) is 0 Å². The fourth-order valence-corrected chi connectivity index (χ4v) is 2.78. The molecule has 2 aliphatic rings. The molecule has 0 bridgehead atoms. The van der Waals surface area contributed by atoms with Crippen LogP contribution in [0.5, 0.6) is 0 Å². The van der Waals surface area contributed by atoms with Crippen molar-refractivity contribution in [1.82, 2.24) is 5.32 Å². The fraction of sp³-hybridized carbons (Fsp3) is 0.636. The Morgan fingerprint density at radius 3 is 2.94 bits per heavy atom. The Labute approximate surface area is 95.2 Å². The predicted molar refractivity (Wildman–Crippen MR) is 61.9 cm³/mol. The van der Waals surface area contributed by atoms with Crippen LogP contribution in [0.25, 0.3) is 0 Å². The van der Waals surface area contributed by atoms with E-state index in [0.29, 0.717) is 23.3 Å². The van der Waals surface area contributed by atoms with Gasteiger partial charge < -0.3 is 16.8 Å². The number of guanidine groups is 1. The molecule has 0 amide bonds. The summed E-state index contributed by atoms with van der Waals surface area (Å²) in [7, 11) is 0. The fourth-order valence-electron chi connectivity index (χ4n) is 2.78. The van der Waals surface area contributed by atoms with Gasteiger partial charge in [-0.25, -0.2) is 4.99 Å². The molecular weight excluding hydrogens is 202 g/mol. The molecule has 1 spiro atoms. The van der Waals surface area contributed by atoms with E-state index in [2.05, 4.69) is 23.3 Å². The van der Waals surface area contributed by atoms with Crippen LogP contribution in [0.1, 0.15) is 32.6 Å². The van der Waals surface area contributed by atoms with E-state index in [1.807, 2.05) is 0 Å². The summed E-state index contributed by atoms with van der Waals surface area (Å²) < 4.78 is 0. The maximum atomic E-state index is 9.21. The lowest BCUT2D eigenvalue weighted by Gasteiger charge is -2.39. The Morgan fingerprint density at radius 1 is 1.56 bits per heavy atom. The number of aliphatic imine (C=N–C) groups is 1. The van der Waals surface area contributed by atoms with Gasteiger partial charge in [0.1, 0.15) is 17.4 Å². The van der Waals surface area contributed by atoms with Gasteiger partial charge in [0.2, 0.25) is 0 Å². The number of hydrogen-bond acceptors (Lipinski definition) is 5. The van der Waals surface area contributed by atoms with Gasteiger partial charge in [-0.05, 0) is 18.8 Å². The highest BCUT2D eigenvalue weighted by Gasteiger charge is 2.42. The van der Waals surface area contributed by atoms with Gasteiger partial charge in [-0.1, -0.05) is 19.8 Å². The summed E-state index contributed by atoms with van der Waals surface area (Å²) in [5, 5.41) is 11.9. The first kappa shape index (κ1) is 10.8. The lowest BCUT2D eigenvalue weighted by Crippen LogP contribution is -2.48. The normalized spacial score (nSPS) is 34.2. The van der Waals surface area contributed by atoms with Gasteiger partial charge in [0.15, 0.2) is 5.96 Å². The number of nitriles is 1. The molecule has 0 aromatic carbocycles. The molecular formula is C11H17N5. The van der Waals surface area contributed by atoms with Crippen molar-refractivity contribution >= 4 is 5.96 Å². The zero-order valence-electron chi connectivity index (χ0n) is 9.45. The lowest BCUT2D eigenvalue weighted by atomic mass is 9.72. The van der Waals surface area contributed by atoms with Gasteiger partial charge in [-0.15, -0.1) is 0 Å². The van der Waals surface area contributed by atoms with E-state index in [0.717, 1.165) is 19.3 Å². The first-order valence-corrected chi connectivity index (χ1v) is 5.60. The standard InChI is InChI=1S/C11H17N5/c1-7-3-2-4-11(5-7)8(6-12)9(13)15-10(14)16-11/h7H,2-5,13H2,1H3,(H3,14,15,16). The average Bonchev–Trinajstić information content (AvgIpc) is 2.16. The number of rotatable bonds is 0. The summed E-state index contributed by atoms with van der Waals surface area (Å²) >= 11 is 0. The zero-order chi connectivity index (χ0) is 11.8. The summed E-state index contributed by atoms with van der Waals surface area (Å²) in [5.41, 5.74) is 11.6. The zero-order valence-corrected chi connectivity index (χ0v) is 9.45. The van der Waals surface area contributed by atoms with Crippen LogP contribution in [-0.2, 0) is 0 Å². The van der Waals surface area contributed by atoms with Gasteiger partial charge in [0.05, 0.1) is 5.57 Å². The highest BCUT2D eigenvalue weighted by Crippen LogP contribution is 2.41. The molecule has 1 heterocycles. The van der Waals surface area contributed by atoms with E-state index in [-0.39, 0.29) is 0 Å². The minimum Gasteiger partial charge on any atom is -0.384 e. The van der Waals surface area contributed by atoms with E-state index >= 15 is 0 Å². The second-order valence-corrected chi connectivity index (χ2v) is 4.76. The van der Waals surface area contributed by atoms with Crippen molar-refractivity contribution < 1.29 is 0 Å². The van der Waals surface area contributed by atoms with Gasteiger partial charge in [0.25, 0.3) is 0 Å². The molecule has 1 saturated carbocycles. The van der Waals surface area contributed by atoms with Crippen LogP contribution in [0.4, 0.5) is 0 Å². The molecule has 1 aliphatic heterocycles. The molecule has 0 saturated heterocycles. The van der Waals surface area contributed by atoms with Crippen LogP contribution in [0, 0.1) is 17.2 Å². The van der Waals surface area contributed by atoms with Crippen LogP contribution in [-0.4, -0.2) is 11.5 Å². The van der Waals surface area contributed by atoms with Crippen LogP contribution in [0.2, 0.25) is 0 Å². The first-order valence-electron chi connectivity index (χ1n) is 5.60. The quantitative estimate of drug-likeness (QED) is 0.553. The highest BCUT2D eigenvalue weighted by atomic mass is 15.2. The Bertz CT molecular complexity index is 403. The first-order chi connectivity index (χ1) is 7.57. The molecule has 1 fully saturated rings. The van der Waals surface area contributed by atoms with Crippen molar-refractivity contribution in [3.05, 3.63) is 11.4 Å². The van der Waals surface area contributed by atoms with Crippen LogP contribution in [0.15, 0.2) is 16.4 Å². The minimum atomic E-state index is -0.466. The summed E-state index contributed by atoms with van der Waals surface area (Å²) in [4.78, 5) is 4.45. The SMILES string of the molecule is CC1CCCC2(C1)N=C(N)NC(N)=C2C#N. The predicted octanol–water partition coefficient (Wildman–Crippen LogP) is 0.547. The summed E-state index contributed by atoms with van der Waals surface area (Å²) in [5.74, 6) is 1.24. The van der Waals surface area contributed by atoms with Gasteiger partial charge in [-0.3, -0.25) is 0 Å². The van der Waals surface area contributed by atoms with Gasteiger partial charge in [-0.2, -0.15) is 5.26 Å². The van der Waals surface area contributed by atoms with E-state index in [1.165, 1.54) is 6.42 Å². The van der Waals surface area contributed by atoms with Crippen molar-refractivity contribution in [3.8, 4) is 6.07 Å². The minimum absolute atomic E-state index is 0.325. The number of nitrogens with zero attached hydrogens (tertiary/aromatic N) is 2. The van der Waals surface area contributed by atoms with Crippen molar-refractivity contribution in [2.24, 2.45) is 22.4 Å². The lowest BCUT2D eigenvalue weighted by molar-refractivity contribution is 0.273. The molecule has 5 heteroatoms. The smallest absolute Gasteiger partial charge is 0.195 e. The third kappa shape index (κ3) is 1.60. The molecule has 86 valence electrons. The molecule has 2 atom stereocenters. The number of hydrogen-bond donors (Lipinski definition) is 3. The van der Waals surface area contributed by atoms with Crippen molar-refractivity contribution in [3.63, 3.8) is 0 Å². The average molecular weight is 219 g/mol. The maximum Gasteiger partial charge on any atom is 0.195 e. The van der Waals surface area contributed by atoms with Crippen molar-refractivity contribution in [2.45, 2.75) is 38.1 Å². The third-order valence-corrected chi connectivity index (χ3v) is 3.42.